The summed E-state index contributed by atoms with van der Waals surface area (Å²) in [4.78, 5) is 14.6. The van der Waals surface area contributed by atoms with Crippen molar-refractivity contribution in [2.24, 2.45) is 0 Å². The number of carbonyl (C=O) groups is 1. The summed E-state index contributed by atoms with van der Waals surface area (Å²) in [7, 11) is 0. The Morgan fingerprint density at radius 2 is 1.85 bits per heavy atom. The second-order valence-corrected chi connectivity index (χ2v) is 7.00. The fourth-order valence-corrected chi connectivity index (χ4v) is 3.40. The first-order valence-electron chi connectivity index (χ1n) is 8.89. The highest BCUT2D eigenvalue weighted by Crippen LogP contribution is 2.27. The van der Waals surface area contributed by atoms with Crippen LogP contribution in [0.2, 0.25) is 5.02 Å². The lowest BCUT2D eigenvalue weighted by Crippen LogP contribution is -2.38. The summed E-state index contributed by atoms with van der Waals surface area (Å²) in [5.41, 5.74) is 3.38. The summed E-state index contributed by atoms with van der Waals surface area (Å²) in [5, 5.41) is 5.14. The van der Waals surface area contributed by atoms with Crippen LogP contribution < -0.4 is 4.74 Å². The molecule has 2 aromatic carbocycles. The van der Waals surface area contributed by atoms with Crippen molar-refractivity contribution >= 4 is 17.5 Å². The molecule has 1 amide bonds. The van der Waals surface area contributed by atoms with E-state index in [-0.39, 0.29) is 5.91 Å². The molecule has 4 rings (SSSR count). The number of para-hydroxylation sites is 1. The largest absolute Gasteiger partial charge is 0.487 e. The number of benzene rings is 2. The molecule has 0 unspecified atom stereocenters. The number of amides is 1. The molecule has 1 aliphatic rings. The monoisotopic (exact) mass is 381 g/mol. The zero-order valence-electron chi connectivity index (χ0n) is 15.1. The minimum atomic E-state index is 0.0144. The number of fused-ring (bicyclic) bond motifs is 1. The summed E-state index contributed by atoms with van der Waals surface area (Å²) in [6.45, 7) is 3.99. The van der Waals surface area contributed by atoms with E-state index in [0.717, 1.165) is 17.0 Å². The van der Waals surface area contributed by atoms with E-state index in [9.17, 15) is 4.79 Å². The van der Waals surface area contributed by atoms with Crippen LogP contribution in [0.15, 0.2) is 54.6 Å². The van der Waals surface area contributed by atoms with Gasteiger partial charge in [-0.25, -0.2) is 0 Å². The molecule has 138 valence electrons. The SMILES string of the molecule is Cc1ccc(C(=O)N2CCn3nc(COc4ccccc4)c(Cl)c3C2)cc1. The highest BCUT2D eigenvalue weighted by molar-refractivity contribution is 6.31. The van der Waals surface area contributed by atoms with Gasteiger partial charge in [-0.2, -0.15) is 5.10 Å². The molecule has 0 saturated heterocycles. The average Bonchev–Trinajstić information content (AvgIpc) is 3.02. The quantitative estimate of drug-likeness (QED) is 0.684. The number of ether oxygens (including phenoxy) is 1. The second-order valence-electron chi connectivity index (χ2n) is 6.62. The van der Waals surface area contributed by atoms with E-state index < -0.39 is 0 Å². The van der Waals surface area contributed by atoms with E-state index in [1.807, 2.05) is 71.1 Å². The lowest BCUT2D eigenvalue weighted by molar-refractivity contribution is 0.0706. The number of carbonyl (C=O) groups excluding carboxylic acids is 1. The number of nitrogens with zero attached hydrogens (tertiary/aromatic N) is 3. The standard InChI is InChI=1S/C21H20ClN3O2/c1-15-7-9-16(10-8-15)21(26)24-11-12-25-19(13-24)20(22)18(23-25)14-27-17-5-3-2-4-6-17/h2-10H,11-14H2,1H3. The summed E-state index contributed by atoms with van der Waals surface area (Å²) in [6.07, 6.45) is 0. The van der Waals surface area contributed by atoms with Crippen molar-refractivity contribution in [2.75, 3.05) is 6.54 Å². The molecule has 0 N–H and O–H groups in total. The molecule has 0 fully saturated rings. The van der Waals surface area contributed by atoms with Gasteiger partial charge in [-0.15, -0.1) is 0 Å². The van der Waals surface area contributed by atoms with Gasteiger partial charge in [0.15, 0.2) is 0 Å². The van der Waals surface area contributed by atoms with Gasteiger partial charge in [0.05, 0.1) is 23.8 Å². The number of halogens is 1. The van der Waals surface area contributed by atoms with Crippen molar-refractivity contribution in [3.63, 3.8) is 0 Å². The Hall–Kier alpha value is -2.79. The Balaban J connectivity index is 1.48. The fraction of sp³-hybridized carbons (Fsp3) is 0.238. The normalized spacial score (nSPS) is 13.3. The van der Waals surface area contributed by atoms with E-state index in [2.05, 4.69) is 5.10 Å². The lowest BCUT2D eigenvalue weighted by atomic mass is 10.1. The molecule has 1 aliphatic heterocycles. The van der Waals surface area contributed by atoms with Crippen LogP contribution in [0.1, 0.15) is 27.3 Å². The summed E-state index contributed by atoms with van der Waals surface area (Å²) in [5.74, 6) is 0.788. The van der Waals surface area contributed by atoms with Gasteiger partial charge in [-0.1, -0.05) is 47.5 Å². The number of hydrogen-bond acceptors (Lipinski definition) is 3. The molecule has 0 atom stereocenters. The number of aryl methyl sites for hydroxylation is 1. The summed E-state index contributed by atoms with van der Waals surface area (Å²) in [6, 6.07) is 17.2. The minimum absolute atomic E-state index is 0.0144. The summed E-state index contributed by atoms with van der Waals surface area (Å²) < 4.78 is 7.64. The van der Waals surface area contributed by atoms with Crippen LogP contribution >= 0.6 is 11.6 Å². The van der Waals surface area contributed by atoms with Gasteiger partial charge in [0, 0.05) is 12.1 Å². The maximum Gasteiger partial charge on any atom is 0.254 e. The summed E-state index contributed by atoms with van der Waals surface area (Å²) >= 11 is 6.54. The molecule has 0 radical (unpaired) electrons. The lowest BCUT2D eigenvalue weighted by Gasteiger charge is -2.28. The predicted molar refractivity (Wildman–Crippen MR) is 104 cm³/mol. The molecule has 0 saturated carbocycles. The van der Waals surface area contributed by atoms with Crippen LogP contribution in [0.5, 0.6) is 5.75 Å². The first-order chi connectivity index (χ1) is 13.1. The van der Waals surface area contributed by atoms with Crippen LogP contribution in [0, 0.1) is 6.92 Å². The van der Waals surface area contributed by atoms with Crippen molar-refractivity contribution in [3.05, 3.63) is 82.1 Å². The van der Waals surface area contributed by atoms with Crippen LogP contribution in [-0.2, 0) is 19.7 Å². The topological polar surface area (TPSA) is 47.4 Å². The zero-order valence-corrected chi connectivity index (χ0v) is 15.8. The molecular formula is C21H20ClN3O2. The smallest absolute Gasteiger partial charge is 0.254 e. The highest BCUT2D eigenvalue weighted by atomic mass is 35.5. The third kappa shape index (κ3) is 3.69. The Morgan fingerprint density at radius 3 is 2.59 bits per heavy atom. The van der Waals surface area contributed by atoms with Crippen LogP contribution in [0.3, 0.4) is 0 Å². The third-order valence-corrected chi connectivity index (χ3v) is 5.12. The number of rotatable bonds is 4. The van der Waals surface area contributed by atoms with Gasteiger partial charge in [0.2, 0.25) is 0 Å². The molecule has 2 heterocycles. The van der Waals surface area contributed by atoms with E-state index in [1.54, 1.807) is 0 Å². The molecule has 0 spiro atoms. The second kappa shape index (κ2) is 7.45. The van der Waals surface area contributed by atoms with E-state index in [4.69, 9.17) is 16.3 Å². The maximum atomic E-state index is 12.8. The van der Waals surface area contributed by atoms with Crippen molar-refractivity contribution in [2.45, 2.75) is 26.6 Å². The molecular weight excluding hydrogens is 362 g/mol. The van der Waals surface area contributed by atoms with Gasteiger partial charge >= 0.3 is 0 Å². The predicted octanol–water partition coefficient (Wildman–Crippen LogP) is 4.08. The van der Waals surface area contributed by atoms with E-state index in [1.165, 1.54) is 0 Å². The Kier molecular flexibility index (Phi) is 4.86. The van der Waals surface area contributed by atoms with Gasteiger partial charge < -0.3 is 9.64 Å². The average molecular weight is 382 g/mol. The van der Waals surface area contributed by atoms with Crippen LogP contribution in [-0.4, -0.2) is 27.1 Å². The van der Waals surface area contributed by atoms with Crippen molar-refractivity contribution in [1.82, 2.24) is 14.7 Å². The first kappa shape index (κ1) is 17.6. The first-order valence-corrected chi connectivity index (χ1v) is 9.27. The third-order valence-electron chi connectivity index (χ3n) is 4.69. The number of aromatic nitrogens is 2. The molecule has 0 bridgehead atoms. The van der Waals surface area contributed by atoms with Crippen LogP contribution in [0.25, 0.3) is 0 Å². The van der Waals surface area contributed by atoms with Gasteiger partial charge in [0.1, 0.15) is 18.1 Å². The van der Waals surface area contributed by atoms with E-state index in [0.29, 0.717) is 42.5 Å². The van der Waals surface area contributed by atoms with Crippen molar-refractivity contribution < 1.29 is 9.53 Å². The van der Waals surface area contributed by atoms with Crippen LogP contribution in [0.4, 0.5) is 0 Å². The van der Waals surface area contributed by atoms with Gasteiger partial charge in [-0.05, 0) is 31.2 Å². The molecule has 1 aromatic heterocycles. The van der Waals surface area contributed by atoms with Gasteiger partial charge in [0.25, 0.3) is 5.91 Å². The highest BCUT2D eigenvalue weighted by Gasteiger charge is 2.26. The number of hydrogen-bond donors (Lipinski definition) is 0. The molecule has 5 nitrogen and oxygen atoms in total. The van der Waals surface area contributed by atoms with Crippen molar-refractivity contribution in [1.29, 1.82) is 0 Å². The van der Waals surface area contributed by atoms with E-state index >= 15 is 0 Å². The maximum absolute atomic E-state index is 12.8. The fourth-order valence-electron chi connectivity index (χ4n) is 3.15. The molecule has 0 aliphatic carbocycles. The Bertz CT molecular complexity index is 952. The Labute approximate surface area is 163 Å². The molecule has 6 heteroatoms. The van der Waals surface area contributed by atoms with Gasteiger partial charge in [-0.3, -0.25) is 9.48 Å². The molecule has 27 heavy (non-hydrogen) atoms. The zero-order chi connectivity index (χ0) is 18.8. The Morgan fingerprint density at radius 1 is 1.11 bits per heavy atom. The minimum Gasteiger partial charge on any atom is -0.487 e. The van der Waals surface area contributed by atoms with Crippen molar-refractivity contribution in [3.8, 4) is 5.75 Å². The molecule has 3 aromatic rings.